The van der Waals surface area contributed by atoms with Crippen molar-refractivity contribution in [3.05, 3.63) is 33.8 Å². The molecule has 2 unspecified atom stereocenters. The second kappa shape index (κ2) is 4.30. The zero-order chi connectivity index (χ0) is 10.1. The summed E-state index contributed by atoms with van der Waals surface area (Å²) in [5.74, 6) is 0.450. The highest BCUT2D eigenvalue weighted by atomic mass is 35.5. The fourth-order valence-corrected chi connectivity index (χ4v) is 2.77. The predicted octanol–water partition coefficient (Wildman–Crippen LogP) is 4.87. The van der Waals surface area contributed by atoms with Gasteiger partial charge in [0.1, 0.15) is 0 Å². The topological polar surface area (TPSA) is 0 Å². The van der Waals surface area contributed by atoms with Crippen LogP contribution in [0.2, 0.25) is 10.0 Å². The minimum Gasteiger partial charge on any atom is -0.122 e. The molecular weight excluding hydrogens is 238 g/mol. The zero-order valence-corrected chi connectivity index (χ0v) is 9.91. The Morgan fingerprint density at radius 1 is 1.07 bits per heavy atom. The molecule has 0 aromatic heterocycles. The molecule has 0 aliphatic heterocycles. The Labute approximate surface area is 99.2 Å². The number of rotatable bonds is 1. The van der Waals surface area contributed by atoms with E-state index in [1.165, 1.54) is 12.0 Å². The molecule has 0 N–H and O–H groups in total. The SMILES string of the molecule is Clc1ccc(C2CCCC2Cl)cc1Cl. The highest BCUT2D eigenvalue weighted by Crippen LogP contribution is 2.39. The van der Waals surface area contributed by atoms with E-state index in [1.54, 1.807) is 0 Å². The maximum atomic E-state index is 6.23. The van der Waals surface area contributed by atoms with Gasteiger partial charge >= 0.3 is 0 Å². The summed E-state index contributed by atoms with van der Waals surface area (Å²) >= 11 is 18.1. The standard InChI is InChI=1S/C11H11Cl3/c12-9-3-1-2-8(9)7-4-5-10(13)11(14)6-7/h4-6,8-9H,1-3H2. The molecule has 0 amide bonds. The molecule has 0 bridgehead atoms. The molecule has 1 aliphatic rings. The Bertz CT molecular complexity index is 335. The van der Waals surface area contributed by atoms with Gasteiger partial charge in [-0.25, -0.2) is 0 Å². The summed E-state index contributed by atoms with van der Waals surface area (Å²) in [7, 11) is 0. The summed E-state index contributed by atoms with van der Waals surface area (Å²) < 4.78 is 0. The Morgan fingerprint density at radius 3 is 2.43 bits per heavy atom. The Hall–Kier alpha value is 0.0900. The average Bonchev–Trinajstić information content (AvgIpc) is 2.57. The first-order valence-corrected chi connectivity index (χ1v) is 5.97. The van der Waals surface area contributed by atoms with Gasteiger partial charge in [-0.2, -0.15) is 0 Å². The molecular formula is C11H11Cl3. The lowest BCUT2D eigenvalue weighted by molar-refractivity contribution is 0.730. The van der Waals surface area contributed by atoms with Gasteiger partial charge in [-0.15, -0.1) is 11.6 Å². The first-order chi connectivity index (χ1) is 6.68. The summed E-state index contributed by atoms with van der Waals surface area (Å²) in [6.07, 6.45) is 3.47. The van der Waals surface area contributed by atoms with E-state index in [0.717, 1.165) is 12.8 Å². The van der Waals surface area contributed by atoms with Crippen LogP contribution in [0.5, 0.6) is 0 Å². The Morgan fingerprint density at radius 2 is 1.86 bits per heavy atom. The van der Waals surface area contributed by atoms with Gasteiger partial charge in [0.05, 0.1) is 10.0 Å². The summed E-state index contributed by atoms with van der Waals surface area (Å²) in [5.41, 5.74) is 1.22. The molecule has 1 saturated carbocycles. The van der Waals surface area contributed by atoms with Crippen LogP contribution < -0.4 is 0 Å². The number of alkyl halides is 1. The van der Waals surface area contributed by atoms with E-state index < -0.39 is 0 Å². The van der Waals surface area contributed by atoms with Crippen molar-refractivity contribution in [2.24, 2.45) is 0 Å². The molecule has 2 atom stereocenters. The van der Waals surface area contributed by atoms with Crippen LogP contribution in [0.1, 0.15) is 30.7 Å². The number of benzene rings is 1. The highest BCUT2D eigenvalue weighted by Gasteiger charge is 2.26. The third-order valence-electron chi connectivity index (χ3n) is 2.80. The zero-order valence-electron chi connectivity index (χ0n) is 7.64. The summed E-state index contributed by atoms with van der Waals surface area (Å²) in [6.45, 7) is 0. The van der Waals surface area contributed by atoms with Crippen LogP contribution in [0.4, 0.5) is 0 Å². The second-order valence-electron chi connectivity index (χ2n) is 3.73. The number of hydrogen-bond donors (Lipinski definition) is 0. The third kappa shape index (κ3) is 2.03. The molecule has 76 valence electrons. The first-order valence-electron chi connectivity index (χ1n) is 4.77. The monoisotopic (exact) mass is 248 g/mol. The fraction of sp³-hybridized carbons (Fsp3) is 0.455. The molecule has 14 heavy (non-hydrogen) atoms. The molecule has 2 rings (SSSR count). The van der Waals surface area contributed by atoms with Gasteiger partial charge in [0.2, 0.25) is 0 Å². The van der Waals surface area contributed by atoms with E-state index in [0.29, 0.717) is 16.0 Å². The van der Waals surface area contributed by atoms with Crippen molar-refractivity contribution in [1.82, 2.24) is 0 Å². The lowest BCUT2D eigenvalue weighted by atomic mass is 9.97. The van der Waals surface area contributed by atoms with E-state index in [2.05, 4.69) is 0 Å². The molecule has 0 radical (unpaired) electrons. The van der Waals surface area contributed by atoms with Gasteiger partial charge in [-0.05, 0) is 30.5 Å². The van der Waals surface area contributed by atoms with E-state index >= 15 is 0 Å². The maximum absolute atomic E-state index is 6.23. The van der Waals surface area contributed by atoms with Crippen molar-refractivity contribution in [2.75, 3.05) is 0 Å². The van der Waals surface area contributed by atoms with Crippen LogP contribution in [0.3, 0.4) is 0 Å². The van der Waals surface area contributed by atoms with Crippen molar-refractivity contribution in [3.8, 4) is 0 Å². The van der Waals surface area contributed by atoms with Crippen molar-refractivity contribution >= 4 is 34.8 Å². The summed E-state index contributed by atoms with van der Waals surface area (Å²) in [6, 6.07) is 5.82. The molecule has 0 saturated heterocycles. The quantitative estimate of drug-likeness (QED) is 0.623. The predicted molar refractivity (Wildman–Crippen MR) is 62.7 cm³/mol. The fourth-order valence-electron chi connectivity index (χ4n) is 2.03. The average molecular weight is 250 g/mol. The Balaban J connectivity index is 2.28. The van der Waals surface area contributed by atoms with Crippen LogP contribution >= 0.6 is 34.8 Å². The largest absolute Gasteiger partial charge is 0.122 e. The van der Waals surface area contributed by atoms with Crippen LogP contribution in [0, 0.1) is 0 Å². The van der Waals surface area contributed by atoms with Crippen molar-refractivity contribution < 1.29 is 0 Å². The van der Waals surface area contributed by atoms with E-state index in [4.69, 9.17) is 34.8 Å². The normalized spacial score (nSPS) is 26.8. The lowest BCUT2D eigenvalue weighted by Gasteiger charge is -2.14. The Kier molecular flexibility index (Phi) is 3.26. The summed E-state index contributed by atoms with van der Waals surface area (Å²) in [5, 5.41) is 1.49. The minimum atomic E-state index is 0.257. The van der Waals surface area contributed by atoms with Gasteiger partial charge in [-0.3, -0.25) is 0 Å². The summed E-state index contributed by atoms with van der Waals surface area (Å²) in [4.78, 5) is 0. The van der Waals surface area contributed by atoms with Gasteiger partial charge in [0.15, 0.2) is 0 Å². The molecule has 0 heterocycles. The van der Waals surface area contributed by atoms with E-state index in [9.17, 15) is 0 Å². The van der Waals surface area contributed by atoms with Crippen molar-refractivity contribution in [1.29, 1.82) is 0 Å². The van der Waals surface area contributed by atoms with Crippen LogP contribution in [0.25, 0.3) is 0 Å². The van der Waals surface area contributed by atoms with E-state index in [-0.39, 0.29) is 5.38 Å². The molecule has 1 fully saturated rings. The lowest BCUT2D eigenvalue weighted by Crippen LogP contribution is -2.04. The molecule has 0 spiro atoms. The van der Waals surface area contributed by atoms with Gasteiger partial charge in [-0.1, -0.05) is 35.7 Å². The minimum absolute atomic E-state index is 0.257. The number of halogens is 3. The first kappa shape index (κ1) is 10.6. The van der Waals surface area contributed by atoms with Gasteiger partial charge < -0.3 is 0 Å². The van der Waals surface area contributed by atoms with Crippen LogP contribution in [-0.2, 0) is 0 Å². The third-order valence-corrected chi connectivity index (χ3v) is 4.06. The van der Waals surface area contributed by atoms with Crippen LogP contribution in [0.15, 0.2) is 18.2 Å². The highest BCUT2D eigenvalue weighted by molar-refractivity contribution is 6.42. The number of hydrogen-bond acceptors (Lipinski definition) is 0. The molecule has 1 aromatic rings. The maximum Gasteiger partial charge on any atom is 0.0595 e. The molecule has 0 nitrogen and oxygen atoms in total. The van der Waals surface area contributed by atoms with Crippen molar-refractivity contribution in [3.63, 3.8) is 0 Å². The molecule has 1 aliphatic carbocycles. The van der Waals surface area contributed by atoms with E-state index in [1.807, 2.05) is 18.2 Å². The smallest absolute Gasteiger partial charge is 0.0595 e. The van der Waals surface area contributed by atoms with Gasteiger partial charge in [0, 0.05) is 11.3 Å². The van der Waals surface area contributed by atoms with Gasteiger partial charge in [0.25, 0.3) is 0 Å². The second-order valence-corrected chi connectivity index (χ2v) is 5.10. The van der Waals surface area contributed by atoms with Crippen molar-refractivity contribution in [2.45, 2.75) is 30.6 Å². The molecule has 1 aromatic carbocycles. The van der Waals surface area contributed by atoms with Crippen LogP contribution in [-0.4, -0.2) is 5.38 Å². The molecule has 3 heteroatoms.